The van der Waals surface area contributed by atoms with Crippen LogP contribution in [0.2, 0.25) is 0 Å². The second-order valence-electron chi connectivity index (χ2n) is 7.36. The van der Waals surface area contributed by atoms with E-state index >= 15 is 0 Å². The molecule has 152 valence electrons. The van der Waals surface area contributed by atoms with Crippen molar-refractivity contribution in [1.29, 1.82) is 5.26 Å². The van der Waals surface area contributed by atoms with E-state index in [2.05, 4.69) is 21.3 Å². The molecule has 6 nitrogen and oxygen atoms in total. The Hall–Kier alpha value is -3.59. The molecule has 0 saturated carbocycles. The van der Waals surface area contributed by atoms with Crippen molar-refractivity contribution in [2.24, 2.45) is 5.92 Å². The number of fused-ring (bicyclic) bond motifs is 1. The third-order valence-corrected chi connectivity index (χ3v) is 5.48. The summed E-state index contributed by atoms with van der Waals surface area (Å²) in [7, 11) is 0. The molecule has 3 aromatic rings. The highest BCUT2D eigenvalue weighted by molar-refractivity contribution is 5.95. The number of benzene rings is 2. The third kappa shape index (κ3) is 4.06. The van der Waals surface area contributed by atoms with Gasteiger partial charge in [0, 0.05) is 36.3 Å². The Kier molecular flexibility index (Phi) is 5.80. The van der Waals surface area contributed by atoms with Crippen LogP contribution >= 0.6 is 0 Å². The Labute approximate surface area is 176 Å². The molecule has 0 bridgehead atoms. The highest BCUT2D eigenvalue weighted by atomic mass is 16.5. The summed E-state index contributed by atoms with van der Waals surface area (Å²) >= 11 is 0. The van der Waals surface area contributed by atoms with Crippen LogP contribution in [0.5, 0.6) is 5.75 Å². The summed E-state index contributed by atoms with van der Waals surface area (Å²) < 4.78 is 5.44. The number of pyridine rings is 1. The van der Waals surface area contributed by atoms with Crippen LogP contribution < -0.4 is 15.0 Å². The minimum absolute atomic E-state index is 0.0407. The molecule has 0 atom stereocenters. The van der Waals surface area contributed by atoms with Gasteiger partial charge < -0.3 is 15.0 Å². The number of nitrogens with one attached hydrogen (secondary N) is 1. The first-order valence-electron chi connectivity index (χ1n) is 10.3. The molecule has 1 saturated heterocycles. The molecule has 1 aromatic heterocycles. The number of anilines is 2. The number of rotatable bonds is 5. The molecule has 2 aromatic carbocycles. The van der Waals surface area contributed by atoms with Gasteiger partial charge >= 0.3 is 0 Å². The molecule has 6 heteroatoms. The number of hydrogen-bond donors (Lipinski definition) is 1. The lowest BCUT2D eigenvalue weighted by Crippen LogP contribution is -2.38. The fraction of sp³-hybridized carbons (Fsp3) is 0.292. The molecular weight excluding hydrogens is 376 g/mol. The molecule has 2 heterocycles. The second-order valence-corrected chi connectivity index (χ2v) is 7.36. The van der Waals surface area contributed by atoms with Crippen LogP contribution in [0.3, 0.4) is 0 Å². The SMILES string of the molecule is CCOc1ccc(NC(=O)C2CCN(c3c(C#N)cnc4ccccc34)CC2)cc1. The summed E-state index contributed by atoms with van der Waals surface area (Å²) in [4.78, 5) is 19.3. The van der Waals surface area contributed by atoms with Gasteiger partial charge in [-0.05, 0) is 50.1 Å². The number of para-hydroxylation sites is 1. The van der Waals surface area contributed by atoms with Crippen molar-refractivity contribution >= 4 is 28.2 Å². The molecule has 0 radical (unpaired) electrons. The molecule has 1 amide bonds. The smallest absolute Gasteiger partial charge is 0.227 e. The number of piperidine rings is 1. The van der Waals surface area contributed by atoms with E-state index in [0.29, 0.717) is 12.2 Å². The first-order chi connectivity index (χ1) is 14.7. The molecule has 1 aliphatic rings. The van der Waals surface area contributed by atoms with E-state index in [1.54, 1.807) is 6.20 Å². The van der Waals surface area contributed by atoms with Crippen molar-refractivity contribution < 1.29 is 9.53 Å². The summed E-state index contributed by atoms with van der Waals surface area (Å²) in [6.45, 7) is 4.01. The minimum Gasteiger partial charge on any atom is -0.494 e. The van der Waals surface area contributed by atoms with Crippen molar-refractivity contribution in [3.8, 4) is 11.8 Å². The molecule has 1 aliphatic heterocycles. The predicted octanol–water partition coefficient (Wildman–Crippen LogP) is 4.36. The molecule has 0 spiro atoms. The van der Waals surface area contributed by atoms with Gasteiger partial charge in [0.25, 0.3) is 0 Å². The highest BCUT2D eigenvalue weighted by Crippen LogP contribution is 2.32. The van der Waals surface area contributed by atoms with Crippen molar-refractivity contribution in [2.75, 3.05) is 29.9 Å². The lowest BCUT2D eigenvalue weighted by molar-refractivity contribution is -0.120. The Morgan fingerprint density at radius 3 is 2.63 bits per heavy atom. The van der Waals surface area contributed by atoms with Gasteiger partial charge in [-0.2, -0.15) is 5.26 Å². The zero-order chi connectivity index (χ0) is 20.9. The third-order valence-electron chi connectivity index (χ3n) is 5.48. The van der Waals surface area contributed by atoms with E-state index in [1.807, 2.05) is 55.5 Å². The van der Waals surface area contributed by atoms with Crippen LogP contribution in [0.25, 0.3) is 10.9 Å². The average Bonchev–Trinajstić information content (AvgIpc) is 2.80. The number of amides is 1. The van der Waals surface area contributed by atoms with Crippen LogP contribution in [-0.4, -0.2) is 30.6 Å². The number of nitrogens with zero attached hydrogens (tertiary/aromatic N) is 3. The maximum absolute atomic E-state index is 12.7. The van der Waals surface area contributed by atoms with E-state index in [9.17, 15) is 10.1 Å². The molecular formula is C24H24N4O2. The van der Waals surface area contributed by atoms with Gasteiger partial charge in [0.1, 0.15) is 11.8 Å². The number of nitriles is 1. The highest BCUT2D eigenvalue weighted by Gasteiger charge is 2.27. The van der Waals surface area contributed by atoms with Crippen LogP contribution in [0, 0.1) is 17.2 Å². The lowest BCUT2D eigenvalue weighted by atomic mass is 9.94. The number of aromatic nitrogens is 1. The maximum atomic E-state index is 12.7. The molecule has 30 heavy (non-hydrogen) atoms. The summed E-state index contributed by atoms with van der Waals surface area (Å²) in [5.74, 6) is 0.784. The molecule has 0 aliphatic carbocycles. The van der Waals surface area contributed by atoms with Gasteiger partial charge in [0.05, 0.1) is 23.4 Å². The molecule has 0 unspecified atom stereocenters. The molecule has 1 N–H and O–H groups in total. The largest absolute Gasteiger partial charge is 0.494 e. The Bertz CT molecular complexity index is 1080. The van der Waals surface area contributed by atoms with Crippen LogP contribution in [0.4, 0.5) is 11.4 Å². The number of carbonyl (C=O) groups excluding carboxylic acids is 1. The standard InChI is InChI=1S/C24H24N4O2/c1-2-30-20-9-7-19(8-10-20)27-24(29)17-11-13-28(14-12-17)23-18(15-25)16-26-22-6-4-3-5-21(22)23/h3-10,16-17H,2,11-14H2,1H3,(H,27,29). The van der Waals surface area contributed by atoms with Crippen LogP contribution in [0.1, 0.15) is 25.3 Å². The first-order valence-corrected chi connectivity index (χ1v) is 10.3. The van der Waals surface area contributed by atoms with Gasteiger partial charge in [-0.3, -0.25) is 9.78 Å². The second kappa shape index (κ2) is 8.83. The summed E-state index contributed by atoms with van der Waals surface area (Å²) in [6.07, 6.45) is 3.12. The summed E-state index contributed by atoms with van der Waals surface area (Å²) in [6, 6.07) is 17.6. The maximum Gasteiger partial charge on any atom is 0.227 e. The minimum atomic E-state index is -0.0496. The Morgan fingerprint density at radius 2 is 1.93 bits per heavy atom. The van der Waals surface area contributed by atoms with Crippen molar-refractivity contribution in [1.82, 2.24) is 4.98 Å². The van der Waals surface area contributed by atoms with E-state index in [1.165, 1.54) is 0 Å². The van der Waals surface area contributed by atoms with Gasteiger partial charge in [-0.15, -0.1) is 0 Å². The van der Waals surface area contributed by atoms with E-state index in [-0.39, 0.29) is 11.8 Å². The van der Waals surface area contributed by atoms with Gasteiger partial charge in [0.15, 0.2) is 0 Å². The normalized spacial score (nSPS) is 14.3. The van der Waals surface area contributed by atoms with E-state index in [0.717, 1.165) is 54.0 Å². The zero-order valence-electron chi connectivity index (χ0n) is 17.0. The lowest BCUT2D eigenvalue weighted by Gasteiger charge is -2.34. The Morgan fingerprint density at radius 1 is 1.20 bits per heavy atom. The number of hydrogen-bond acceptors (Lipinski definition) is 5. The zero-order valence-corrected chi connectivity index (χ0v) is 17.0. The topological polar surface area (TPSA) is 78.2 Å². The predicted molar refractivity (Wildman–Crippen MR) is 118 cm³/mol. The van der Waals surface area contributed by atoms with Gasteiger partial charge in [-0.1, -0.05) is 18.2 Å². The average molecular weight is 400 g/mol. The van der Waals surface area contributed by atoms with E-state index in [4.69, 9.17) is 4.74 Å². The van der Waals surface area contributed by atoms with E-state index < -0.39 is 0 Å². The van der Waals surface area contributed by atoms with Crippen LogP contribution in [-0.2, 0) is 4.79 Å². The number of ether oxygens (including phenoxy) is 1. The first kappa shape index (κ1) is 19.7. The van der Waals surface area contributed by atoms with Crippen molar-refractivity contribution in [3.63, 3.8) is 0 Å². The molecule has 4 rings (SSSR count). The van der Waals surface area contributed by atoms with Crippen LogP contribution in [0.15, 0.2) is 54.7 Å². The quantitative estimate of drug-likeness (QED) is 0.688. The number of carbonyl (C=O) groups is 1. The summed E-state index contributed by atoms with van der Waals surface area (Å²) in [5, 5.41) is 13.6. The van der Waals surface area contributed by atoms with Gasteiger partial charge in [0.2, 0.25) is 5.91 Å². The Balaban J connectivity index is 1.43. The van der Waals surface area contributed by atoms with Crippen molar-refractivity contribution in [2.45, 2.75) is 19.8 Å². The summed E-state index contributed by atoms with van der Waals surface area (Å²) in [5.41, 5.74) is 3.15. The van der Waals surface area contributed by atoms with Crippen molar-refractivity contribution in [3.05, 3.63) is 60.3 Å². The fourth-order valence-electron chi connectivity index (χ4n) is 3.96. The monoisotopic (exact) mass is 400 g/mol. The molecule has 1 fully saturated rings. The van der Waals surface area contributed by atoms with Gasteiger partial charge in [-0.25, -0.2) is 0 Å². The fourth-order valence-corrected chi connectivity index (χ4v) is 3.96.